The van der Waals surface area contributed by atoms with Crippen molar-refractivity contribution < 1.29 is 4.79 Å². The molecule has 0 radical (unpaired) electrons. The molecular formula is C20H18BrN3O. The zero-order valence-corrected chi connectivity index (χ0v) is 15.4. The fourth-order valence-corrected chi connectivity index (χ4v) is 2.91. The number of carbonyl (C=O) groups excluding carboxylic acids is 1. The number of benzene rings is 2. The molecule has 1 amide bonds. The van der Waals surface area contributed by atoms with E-state index < -0.39 is 0 Å². The Kier molecular flexibility index (Phi) is 5.46. The Balaban J connectivity index is 1.77. The van der Waals surface area contributed by atoms with Crippen LogP contribution in [0.4, 0.5) is 17.2 Å². The van der Waals surface area contributed by atoms with Crippen LogP contribution < -0.4 is 10.2 Å². The molecule has 3 aromatic rings. The molecule has 0 aliphatic heterocycles. The average Bonchev–Trinajstić information content (AvgIpc) is 2.66. The van der Waals surface area contributed by atoms with Gasteiger partial charge in [-0.05, 0) is 59.3 Å². The van der Waals surface area contributed by atoms with Crippen molar-refractivity contribution in [2.45, 2.75) is 6.92 Å². The van der Waals surface area contributed by atoms with Gasteiger partial charge in [0.15, 0.2) is 0 Å². The largest absolute Gasteiger partial charge is 0.327 e. The van der Waals surface area contributed by atoms with Crippen molar-refractivity contribution in [3.63, 3.8) is 0 Å². The zero-order valence-electron chi connectivity index (χ0n) is 13.8. The van der Waals surface area contributed by atoms with E-state index in [1.165, 1.54) is 0 Å². The normalized spacial score (nSPS) is 10.3. The second kappa shape index (κ2) is 7.94. The molecule has 2 aromatic carbocycles. The van der Waals surface area contributed by atoms with E-state index in [0.717, 1.165) is 28.2 Å². The molecule has 0 aliphatic carbocycles. The second-order valence-electron chi connectivity index (χ2n) is 5.42. The molecule has 1 aromatic heterocycles. The Labute approximate surface area is 155 Å². The van der Waals surface area contributed by atoms with E-state index in [0.29, 0.717) is 5.56 Å². The van der Waals surface area contributed by atoms with Gasteiger partial charge in [0.1, 0.15) is 5.82 Å². The molecule has 126 valence electrons. The fourth-order valence-electron chi connectivity index (χ4n) is 2.52. The van der Waals surface area contributed by atoms with Crippen molar-refractivity contribution in [2.75, 3.05) is 16.8 Å². The van der Waals surface area contributed by atoms with Crippen LogP contribution >= 0.6 is 15.9 Å². The summed E-state index contributed by atoms with van der Waals surface area (Å²) >= 11 is 3.43. The van der Waals surface area contributed by atoms with Gasteiger partial charge < -0.3 is 10.2 Å². The Morgan fingerprint density at radius 2 is 1.76 bits per heavy atom. The molecule has 0 saturated carbocycles. The van der Waals surface area contributed by atoms with Crippen molar-refractivity contribution in [1.29, 1.82) is 0 Å². The number of anilines is 3. The maximum atomic E-state index is 12.4. The van der Waals surface area contributed by atoms with Gasteiger partial charge in [0.2, 0.25) is 0 Å². The summed E-state index contributed by atoms with van der Waals surface area (Å²) in [4.78, 5) is 19.0. The molecule has 0 bridgehead atoms. The Morgan fingerprint density at radius 1 is 1.04 bits per heavy atom. The molecule has 1 heterocycles. The maximum Gasteiger partial charge on any atom is 0.257 e. The van der Waals surface area contributed by atoms with Crippen LogP contribution in [0.3, 0.4) is 0 Å². The predicted molar refractivity (Wildman–Crippen MR) is 105 cm³/mol. The van der Waals surface area contributed by atoms with E-state index in [1.807, 2.05) is 60.7 Å². The summed E-state index contributed by atoms with van der Waals surface area (Å²) in [6, 6.07) is 21.2. The molecule has 0 fully saturated rings. The number of carbonyl (C=O) groups is 1. The summed E-state index contributed by atoms with van der Waals surface area (Å²) in [6.07, 6.45) is 1.60. The first-order chi connectivity index (χ1) is 12.2. The Hall–Kier alpha value is -2.66. The third-order valence-electron chi connectivity index (χ3n) is 3.79. The maximum absolute atomic E-state index is 12.4. The van der Waals surface area contributed by atoms with Gasteiger partial charge in [-0.1, -0.05) is 30.3 Å². The van der Waals surface area contributed by atoms with Crippen molar-refractivity contribution in [3.8, 4) is 0 Å². The average molecular weight is 396 g/mol. The summed E-state index contributed by atoms with van der Waals surface area (Å²) in [5, 5.41) is 2.88. The molecule has 0 aliphatic rings. The van der Waals surface area contributed by atoms with Crippen molar-refractivity contribution in [3.05, 3.63) is 83.0 Å². The number of hydrogen-bond acceptors (Lipinski definition) is 3. The molecule has 4 nitrogen and oxygen atoms in total. The van der Waals surface area contributed by atoms with Gasteiger partial charge in [-0.2, -0.15) is 0 Å². The van der Waals surface area contributed by atoms with Crippen LogP contribution in [0.5, 0.6) is 0 Å². The number of amides is 1. The van der Waals surface area contributed by atoms with Crippen LogP contribution in [0.15, 0.2) is 77.4 Å². The number of nitrogens with one attached hydrogen (secondary N) is 1. The lowest BCUT2D eigenvalue weighted by Crippen LogP contribution is -2.18. The lowest BCUT2D eigenvalue weighted by molar-refractivity contribution is 0.102. The van der Waals surface area contributed by atoms with Crippen LogP contribution in [0.2, 0.25) is 0 Å². The van der Waals surface area contributed by atoms with Gasteiger partial charge in [-0.25, -0.2) is 4.98 Å². The van der Waals surface area contributed by atoms with Gasteiger partial charge in [0, 0.05) is 22.9 Å². The standard InChI is InChI=1S/C20H18BrN3O/c1-2-24(16-8-4-3-5-9-16)19-13-12-15(14-22-19)20(25)23-18-11-7-6-10-17(18)21/h3-14H,2H2,1H3,(H,23,25). The molecule has 3 rings (SSSR count). The summed E-state index contributed by atoms with van der Waals surface area (Å²) < 4.78 is 0.842. The van der Waals surface area contributed by atoms with Crippen molar-refractivity contribution in [1.82, 2.24) is 4.98 Å². The minimum atomic E-state index is -0.186. The molecule has 5 heteroatoms. The summed E-state index contributed by atoms with van der Waals surface area (Å²) in [7, 11) is 0. The molecule has 25 heavy (non-hydrogen) atoms. The van der Waals surface area contributed by atoms with E-state index in [9.17, 15) is 4.79 Å². The number of para-hydroxylation sites is 2. The van der Waals surface area contributed by atoms with Gasteiger partial charge in [0.25, 0.3) is 5.91 Å². The number of hydrogen-bond donors (Lipinski definition) is 1. The minimum absolute atomic E-state index is 0.186. The number of rotatable bonds is 5. The van der Waals surface area contributed by atoms with Gasteiger partial charge in [-0.3, -0.25) is 4.79 Å². The van der Waals surface area contributed by atoms with Gasteiger partial charge in [0.05, 0.1) is 11.3 Å². The molecule has 0 atom stereocenters. The summed E-state index contributed by atoms with van der Waals surface area (Å²) in [6.45, 7) is 2.86. The third kappa shape index (κ3) is 4.06. The van der Waals surface area contributed by atoms with Crippen molar-refractivity contribution in [2.24, 2.45) is 0 Å². The number of aromatic nitrogens is 1. The van der Waals surface area contributed by atoms with Crippen LogP contribution in [-0.4, -0.2) is 17.4 Å². The third-order valence-corrected chi connectivity index (χ3v) is 4.48. The topological polar surface area (TPSA) is 45.2 Å². The highest BCUT2D eigenvalue weighted by Crippen LogP contribution is 2.24. The van der Waals surface area contributed by atoms with Crippen LogP contribution in [0, 0.1) is 0 Å². The lowest BCUT2D eigenvalue weighted by atomic mass is 10.2. The Morgan fingerprint density at radius 3 is 2.40 bits per heavy atom. The highest BCUT2D eigenvalue weighted by molar-refractivity contribution is 9.10. The number of halogens is 1. The SMILES string of the molecule is CCN(c1ccccc1)c1ccc(C(=O)Nc2ccccc2Br)cn1. The monoisotopic (exact) mass is 395 g/mol. The zero-order chi connectivity index (χ0) is 17.6. The van der Waals surface area contributed by atoms with E-state index in [1.54, 1.807) is 12.3 Å². The molecular weight excluding hydrogens is 378 g/mol. The molecule has 0 saturated heterocycles. The number of pyridine rings is 1. The van der Waals surface area contributed by atoms with Crippen LogP contribution in [0.1, 0.15) is 17.3 Å². The van der Waals surface area contributed by atoms with E-state index >= 15 is 0 Å². The highest BCUT2D eigenvalue weighted by atomic mass is 79.9. The predicted octanol–water partition coefficient (Wildman–Crippen LogP) is 5.25. The second-order valence-corrected chi connectivity index (χ2v) is 6.27. The first-order valence-corrected chi connectivity index (χ1v) is 8.83. The molecule has 0 unspecified atom stereocenters. The summed E-state index contributed by atoms with van der Waals surface area (Å²) in [5.74, 6) is 0.625. The van der Waals surface area contributed by atoms with E-state index in [4.69, 9.17) is 0 Å². The van der Waals surface area contributed by atoms with E-state index in [-0.39, 0.29) is 5.91 Å². The highest BCUT2D eigenvalue weighted by Gasteiger charge is 2.11. The summed E-state index contributed by atoms with van der Waals surface area (Å²) in [5.41, 5.74) is 2.32. The van der Waals surface area contributed by atoms with Crippen LogP contribution in [0.25, 0.3) is 0 Å². The van der Waals surface area contributed by atoms with Crippen LogP contribution in [-0.2, 0) is 0 Å². The lowest BCUT2D eigenvalue weighted by Gasteiger charge is -2.22. The Bertz CT molecular complexity index is 850. The quantitative estimate of drug-likeness (QED) is 0.640. The fraction of sp³-hybridized carbons (Fsp3) is 0.100. The molecule has 1 N–H and O–H groups in total. The smallest absolute Gasteiger partial charge is 0.257 e. The minimum Gasteiger partial charge on any atom is -0.327 e. The first kappa shape index (κ1) is 17.2. The van der Waals surface area contributed by atoms with Gasteiger partial charge in [-0.15, -0.1) is 0 Å². The molecule has 0 spiro atoms. The number of nitrogens with zero attached hydrogens (tertiary/aromatic N) is 2. The first-order valence-electron chi connectivity index (χ1n) is 8.03. The van der Waals surface area contributed by atoms with Gasteiger partial charge >= 0.3 is 0 Å². The van der Waals surface area contributed by atoms with Crippen molar-refractivity contribution >= 4 is 39.0 Å². The van der Waals surface area contributed by atoms with E-state index in [2.05, 4.69) is 38.1 Å².